The van der Waals surface area contributed by atoms with Crippen molar-refractivity contribution in [1.29, 1.82) is 0 Å². The lowest BCUT2D eigenvalue weighted by Gasteiger charge is -2.11. The molecule has 30 heavy (non-hydrogen) atoms. The Hall–Kier alpha value is -3.62. The molecule has 3 N–H and O–H groups in total. The number of sulfonamides is 1. The van der Waals surface area contributed by atoms with Gasteiger partial charge < -0.3 is 14.8 Å². The van der Waals surface area contributed by atoms with Crippen LogP contribution in [0, 0.1) is 18.8 Å². The molecule has 0 bridgehead atoms. The van der Waals surface area contributed by atoms with E-state index in [-0.39, 0.29) is 32.6 Å². The quantitative estimate of drug-likeness (QED) is 0.511. The first-order valence-electron chi connectivity index (χ1n) is 8.30. The van der Waals surface area contributed by atoms with Crippen LogP contribution in [0.4, 0.5) is 5.69 Å². The van der Waals surface area contributed by atoms with Crippen LogP contribution in [0.15, 0.2) is 45.5 Å². The fraction of sp³-hybridized carbons (Fsp3) is 0.105. The van der Waals surface area contributed by atoms with Gasteiger partial charge in [0, 0.05) is 22.7 Å². The van der Waals surface area contributed by atoms with E-state index in [1.165, 1.54) is 36.8 Å². The van der Waals surface area contributed by atoms with E-state index >= 15 is 0 Å². The average Bonchev–Trinajstić information content (AvgIpc) is 3.15. The van der Waals surface area contributed by atoms with Gasteiger partial charge in [-0.1, -0.05) is 5.92 Å². The van der Waals surface area contributed by atoms with E-state index in [1.807, 2.05) is 0 Å². The number of H-pyrrole nitrogens is 1. The van der Waals surface area contributed by atoms with E-state index in [2.05, 4.69) is 26.5 Å². The third kappa shape index (κ3) is 4.86. The minimum Gasteiger partial charge on any atom is -0.495 e. The Morgan fingerprint density at radius 1 is 1.27 bits per heavy atom. The van der Waals surface area contributed by atoms with Gasteiger partial charge in [-0.25, -0.2) is 9.78 Å². The molecule has 0 saturated carbocycles. The fourth-order valence-corrected chi connectivity index (χ4v) is 4.44. The number of hydrogen-bond acceptors (Lipinski definition) is 7. The molecule has 3 aromatic rings. The van der Waals surface area contributed by atoms with Crippen molar-refractivity contribution in [2.75, 3.05) is 11.8 Å². The van der Waals surface area contributed by atoms with E-state index in [4.69, 9.17) is 9.84 Å². The van der Waals surface area contributed by atoms with Crippen LogP contribution in [-0.2, 0) is 10.0 Å². The lowest BCUT2D eigenvalue weighted by molar-refractivity contribution is 0.0696. The summed E-state index contributed by atoms with van der Waals surface area (Å²) in [7, 11) is -2.76. The summed E-state index contributed by atoms with van der Waals surface area (Å²) < 4.78 is 32.7. The number of benzene rings is 1. The number of hydrogen-bond donors (Lipinski definition) is 3. The lowest BCUT2D eigenvalue weighted by Crippen LogP contribution is -2.14. The average molecular weight is 445 g/mol. The summed E-state index contributed by atoms with van der Waals surface area (Å²) in [4.78, 5) is 29.2. The molecule has 0 radical (unpaired) electrons. The van der Waals surface area contributed by atoms with Gasteiger partial charge in [0.15, 0.2) is 10.0 Å². The van der Waals surface area contributed by atoms with Crippen LogP contribution < -0.4 is 15.0 Å². The van der Waals surface area contributed by atoms with Crippen molar-refractivity contribution in [3.05, 3.63) is 67.9 Å². The van der Waals surface area contributed by atoms with Crippen molar-refractivity contribution in [3.8, 4) is 17.6 Å². The van der Waals surface area contributed by atoms with Gasteiger partial charge >= 0.3 is 5.97 Å². The van der Waals surface area contributed by atoms with Crippen molar-refractivity contribution in [2.45, 2.75) is 11.9 Å². The van der Waals surface area contributed by atoms with Crippen molar-refractivity contribution in [3.63, 3.8) is 0 Å². The van der Waals surface area contributed by atoms with E-state index in [1.54, 1.807) is 13.0 Å². The maximum absolute atomic E-state index is 12.6. The summed E-state index contributed by atoms with van der Waals surface area (Å²) >= 11 is 1.03. The number of carbonyl (C=O) groups is 1. The van der Waals surface area contributed by atoms with Crippen LogP contribution in [-0.4, -0.2) is 36.6 Å². The van der Waals surface area contributed by atoms with Gasteiger partial charge in [-0.05, 0) is 37.1 Å². The highest BCUT2D eigenvalue weighted by Crippen LogP contribution is 2.28. The number of carboxylic acids is 1. The number of carboxylic acid groups (broad SMARTS) is 1. The van der Waals surface area contributed by atoms with E-state index in [0.29, 0.717) is 11.3 Å². The number of aromatic carboxylic acids is 1. The molecule has 0 aliphatic carbocycles. The molecule has 0 fully saturated rings. The van der Waals surface area contributed by atoms with Crippen LogP contribution in [0.1, 0.15) is 26.6 Å². The molecule has 0 amide bonds. The Balaban J connectivity index is 1.85. The number of aromatic amines is 1. The first-order valence-corrected chi connectivity index (χ1v) is 10.7. The number of rotatable bonds is 5. The third-order valence-corrected chi connectivity index (χ3v) is 5.90. The van der Waals surface area contributed by atoms with Crippen LogP contribution in [0.2, 0.25) is 0 Å². The number of anilines is 1. The highest BCUT2D eigenvalue weighted by atomic mass is 32.2. The zero-order chi connectivity index (χ0) is 21.9. The Morgan fingerprint density at radius 3 is 2.70 bits per heavy atom. The molecule has 3 rings (SSSR count). The normalized spacial score (nSPS) is 10.7. The molecule has 9 nitrogen and oxygen atoms in total. The monoisotopic (exact) mass is 445 g/mol. The molecule has 0 aliphatic rings. The topological polar surface area (TPSA) is 138 Å². The van der Waals surface area contributed by atoms with Gasteiger partial charge in [-0.15, -0.1) is 11.3 Å². The van der Waals surface area contributed by atoms with E-state index < -0.39 is 16.0 Å². The van der Waals surface area contributed by atoms with Crippen LogP contribution >= 0.6 is 11.3 Å². The lowest BCUT2D eigenvalue weighted by atomic mass is 10.2. The molecular formula is C19H15N3O6S2. The number of ether oxygens (including phenoxy) is 1. The summed E-state index contributed by atoms with van der Waals surface area (Å²) in [5.41, 5.74) is 0.880. The highest BCUT2D eigenvalue weighted by molar-refractivity contribution is 7.92. The number of nitrogens with zero attached hydrogens (tertiary/aromatic N) is 1. The number of thiazole rings is 1. The molecule has 0 spiro atoms. The number of pyridine rings is 1. The van der Waals surface area contributed by atoms with Crippen LogP contribution in [0.25, 0.3) is 0 Å². The molecule has 0 unspecified atom stereocenters. The summed E-state index contributed by atoms with van der Waals surface area (Å²) in [5, 5.41) is 10.4. The number of aromatic nitrogens is 2. The molecule has 0 saturated heterocycles. The second-order valence-electron chi connectivity index (χ2n) is 5.98. The first-order chi connectivity index (χ1) is 14.2. The third-order valence-electron chi connectivity index (χ3n) is 3.74. The maximum atomic E-state index is 12.6. The SMILES string of the molecule is COc1cc(C(=O)O)ccc1NS(=O)(=O)c1csc(C#Cc2cc(C)[nH]c(=O)c2)n1. The molecule has 0 aliphatic heterocycles. The smallest absolute Gasteiger partial charge is 0.335 e. The Bertz CT molecular complexity index is 1350. The van der Waals surface area contributed by atoms with Crippen LogP contribution in [0.5, 0.6) is 5.75 Å². The summed E-state index contributed by atoms with van der Waals surface area (Å²) in [5.74, 6) is 4.40. The van der Waals surface area contributed by atoms with Crippen molar-refractivity contribution >= 4 is 33.0 Å². The zero-order valence-electron chi connectivity index (χ0n) is 15.7. The van der Waals surface area contributed by atoms with Gasteiger partial charge in [0.05, 0.1) is 18.4 Å². The Labute approximate surface area is 175 Å². The van der Waals surface area contributed by atoms with Crippen molar-refractivity contribution < 1.29 is 23.1 Å². The van der Waals surface area contributed by atoms with Crippen molar-refractivity contribution in [1.82, 2.24) is 9.97 Å². The molecule has 0 atom stereocenters. The van der Waals surface area contributed by atoms with Crippen LogP contribution in [0.3, 0.4) is 0 Å². The Morgan fingerprint density at radius 2 is 2.03 bits per heavy atom. The molecule has 2 heterocycles. The van der Waals surface area contributed by atoms with Gasteiger partial charge in [-0.2, -0.15) is 8.42 Å². The number of methoxy groups -OCH3 is 1. The second kappa shape index (κ2) is 8.40. The molecule has 11 heteroatoms. The second-order valence-corrected chi connectivity index (χ2v) is 8.47. The predicted octanol–water partition coefficient (Wildman–Crippen LogP) is 2.05. The predicted molar refractivity (Wildman–Crippen MR) is 111 cm³/mol. The molecule has 154 valence electrons. The van der Waals surface area contributed by atoms with E-state index in [9.17, 15) is 18.0 Å². The largest absolute Gasteiger partial charge is 0.495 e. The number of nitrogens with one attached hydrogen (secondary N) is 2. The maximum Gasteiger partial charge on any atom is 0.335 e. The van der Waals surface area contributed by atoms with Gasteiger partial charge in [0.25, 0.3) is 10.0 Å². The fourth-order valence-electron chi connectivity index (χ4n) is 2.43. The first kappa shape index (κ1) is 21.1. The van der Waals surface area contributed by atoms with Gasteiger partial charge in [-0.3, -0.25) is 9.52 Å². The molecule has 1 aromatic carbocycles. The zero-order valence-corrected chi connectivity index (χ0v) is 17.3. The number of aryl methyl sites for hydroxylation is 1. The van der Waals surface area contributed by atoms with Crippen molar-refractivity contribution in [2.24, 2.45) is 0 Å². The van der Waals surface area contributed by atoms with Gasteiger partial charge in [0.1, 0.15) is 5.75 Å². The summed E-state index contributed by atoms with van der Waals surface area (Å²) in [6, 6.07) is 6.78. The standard InChI is InChI=1S/C19H15N3O6S2/c1-11-7-12(8-16(23)20-11)3-6-17-21-18(10-29-17)30(26,27)22-14-5-4-13(19(24)25)9-15(14)28-2/h4-5,7-10,22H,1-2H3,(H,20,23)(H,24,25). The summed E-state index contributed by atoms with van der Waals surface area (Å²) in [6.45, 7) is 1.73. The highest BCUT2D eigenvalue weighted by Gasteiger charge is 2.20. The minimum absolute atomic E-state index is 0.0454. The molecular weight excluding hydrogens is 430 g/mol. The minimum atomic E-state index is -4.06. The Kier molecular flexibility index (Phi) is 5.91. The summed E-state index contributed by atoms with van der Waals surface area (Å²) in [6.07, 6.45) is 0. The van der Waals surface area contributed by atoms with E-state index in [0.717, 1.165) is 11.3 Å². The van der Waals surface area contributed by atoms with Gasteiger partial charge in [0.2, 0.25) is 5.56 Å². The molecule has 2 aromatic heterocycles.